The second-order valence-electron chi connectivity index (χ2n) is 7.04. The zero-order chi connectivity index (χ0) is 20.4. The maximum absolute atomic E-state index is 13.2. The lowest BCUT2D eigenvalue weighted by Gasteiger charge is -2.17. The molecule has 0 amide bonds. The van der Waals surface area contributed by atoms with Crippen molar-refractivity contribution in [3.63, 3.8) is 0 Å². The van der Waals surface area contributed by atoms with Crippen molar-refractivity contribution >= 4 is 11.8 Å². The van der Waals surface area contributed by atoms with Gasteiger partial charge in [-0.1, -0.05) is 56.1 Å². The van der Waals surface area contributed by atoms with Gasteiger partial charge in [-0.25, -0.2) is 0 Å². The van der Waals surface area contributed by atoms with Crippen molar-refractivity contribution in [2.24, 2.45) is 0 Å². The van der Waals surface area contributed by atoms with E-state index in [0.717, 1.165) is 56.8 Å². The van der Waals surface area contributed by atoms with Crippen molar-refractivity contribution in [2.45, 2.75) is 58.0 Å². The van der Waals surface area contributed by atoms with Crippen LogP contribution in [0.4, 0.5) is 0 Å². The molecule has 2 N–H and O–H groups in total. The first-order valence-corrected chi connectivity index (χ1v) is 11.5. The number of aromatic hydroxyl groups is 1. The molecule has 0 saturated heterocycles. The minimum Gasteiger partial charge on any atom is -0.493 e. The molecule has 2 rings (SSSR count). The molecular weight excluding hydrogens is 370 g/mol. The van der Waals surface area contributed by atoms with Crippen LogP contribution in [-0.4, -0.2) is 40.0 Å². The molecule has 0 radical (unpaired) electrons. The SMILES string of the molecule is CCCCCCc1c(O)nc(SCC[NH+](CC)CC)n(-c2ccccc2)c1=O. The molecule has 1 aromatic carbocycles. The summed E-state index contributed by atoms with van der Waals surface area (Å²) in [6.07, 6.45) is 4.80. The van der Waals surface area contributed by atoms with Crippen LogP contribution < -0.4 is 10.5 Å². The van der Waals surface area contributed by atoms with Crippen LogP contribution in [0.3, 0.4) is 0 Å². The average molecular weight is 405 g/mol. The van der Waals surface area contributed by atoms with Crippen LogP contribution in [0.2, 0.25) is 0 Å². The summed E-state index contributed by atoms with van der Waals surface area (Å²) in [6.45, 7) is 9.69. The van der Waals surface area contributed by atoms with E-state index < -0.39 is 0 Å². The number of quaternary nitrogens is 1. The van der Waals surface area contributed by atoms with Crippen molar-refractivity contribution in [3.05, 3.63) is 46.2 Å². The van der Waals surface area contributed by atoms with E-state index in [0.29, 0.717) is 17.1 Å². The van der Waals surface area contributed by atoms with Gasteiger partial charge in [-0.15, -0.1) is 0 Å². The number of aromatic nitrogens is 2. The van der Waals surface area contributed by atoms with Gasteiger partial charge in [0.1, 0.15) is 0 Å². The highest BCUT2D eigenvalue weighted by Crippen LogP contribution is 2.23. The van der Waals surface area contributed by atoms with Gasteiger partial charge in [-0.05, 0) is 38.8 Å². The monoisotopic (exact) mass is 404 g/mol. The number of hydrogen-bond donors (Lipinski definition) is 2. The lowest BCUT2D eigenvalue weighted by molar-refractivity contribution is -0.893. The van der Waals surface area contributed by atoms with Crippen LogP contribution in [0.25, 0.3) is 5.69 Å². The predicted octanol–water partition coefficient (Wildman–Crippen LogP) is 3.08. The first-order valence-electron chi connectivity index (χ1n) is 10.5. The molecule has 28 heavy (non-hydrogen) atoms. The van der Waals surface area contributed by atoms with Gasteiger partial charge in [-0.3, -0.25) is 9.36 Å². The number of rotatable bonds is 12. The summed E-state index contributed by atoms with van der Waals surface area (Å²) in [6, 6.07) is 9.61. The Morgan fingerprint density at radius 1 is 1.07 bits per heavy atom. The number of hydrogen-bond acceptors (Lipinski definition) is 4. The molecule has 1 heterocycles. The van der Waals surface area contributed by atoms with Crippen molar-refractivity contribution in [1.82, 2.24) is 9.55 Å². The highest BCUT2D eigenvalue weighted by Gasteiger charge is 2.18. The van der Waals surface area contributed by atoms with Crippen LogP contribution in [0.5, 0.6) is 5.88 Å². The zero-order valence-electron chi connectivity index (χ0n) is 17.4. The zero-order valence-corrected chi connectivity index (χ0v) is 18.2. The summed E-state index contributed by atoms with van der Waals surface area (Å²) in [4.78, 5) is 19.2. The van der Waals surface area contributed by atoms with E-state index in [1.165, 1.54) is 4.90 Å². The summed E-state index contributed by atoms with van der Waals surface area (Å²) in [5, 5.41) is 11.0. The maximum Gasteiger partial charge on any atom is 0.265 e. The second-order valence-corrected chi connectivity index (χ2v) is 8.10. The van der Waals surface area contributed by atoms with Gasteiger partial charge in [-0.2, -0.15) is 4.98 Å². The van der Waals surface area contributed by atoms with E-state index in [2.05, 4.69) is 25.8 Å². The van der Waals surface area contributed by atoms with Gasteiger partial charge < -0.3 is 10.0 Å². The molecule has 6 heteroatoms. The van der Waals surface area contributed by atoms with Gasteiger partial charge in [0.25, 0.3) is 5.56 Å². The molecule has 0 saturated carbocycles. The highest BCUT2D eigenvalue weighted by molar-refractivity contribution is 7.99. The van der Waals surface area contributed by atoms with Crippen molar-refractivity contribution < 1.29 is 10.0 Å². The minimum absolute atomic E-state index is 0.105. The fourth-order valence-electron chi connectivity index (χ4n) is 3.26. The summed E-state index contributed by atoms with van der Waals surface area (Å²) in [5.74, 6) is 0.748. The number of para-hydroxylation sites is 1. The molecule has 0 bridgehead atoms. The van der Waals surface area contributed by atoms with Gasteiger partial charge in [0.2, 0.25) is 5.88 Å². The van der Waals surface area contributed by atoms with E-state index in [4.69, 9.17) is 0 Å². The van der Waals surface area contributed by atoms with Crippen LogP contribution >= 0.6 is 11.8 Å². The van der Waals surface area contributed by atoms with Crippen LogP contribution in [0, 0.1) is 0 Å². The molecule has 0 atom stereocenters. The number of unbranched alkanes of at least 4 members (excludes halogenated alkanes) is 3. The maximum atomic E-state index is 13.2. The molecule has 0 aliphatic rings. The molecule has 5 nitrogen and oxygen atoms in total. The fraction of sp³-hybridized carbons (Fsp3) is 0.545. The van der Waals surface area contributed by atoms with Crippen LogP contribution in [0.1, 0.15) is 52.0 Å². The Bertz CT molecular complexity index is 773. The Morgan fingerprint density at radius 2 is 1.79 bits per heavy atom. The Balaban J connectivity index is 2.31. The van der Waals surface area contributed by atoms with E-state index in [9.17, 15) is 9.90 Å². The lowest BCUT2D eigenvalue weighted by atomic mass is 10.1. The van der Waals surface area contributed by atoms with Gasteiger partial charge >= 0.3 is 0 Å². The number of benzene rings is 1. The second kappa shape index (κ2) is 11.9. The van der Waals surface area contributed by atoms with Gasteiger partial charge in [0.15, 0.2) is 5.16 Å². The molecular formula is C22H34N3O2S+. The van der Waals surface area contributed by atoms with E-state index >= 15 is 0 Å². The molecule has 0 spiro atoms. The molecule has 1 aromatic heterocycles. The van der Waals surface area contributed by atoms with Gasteiger partial charge in [0.05, 0.1) is 36.6 Å². The normalized spacial score (nSPS) is 11.3. The molecule has 0 unspecified atom stereocenters. The third-order valence-corrected chi connectivity index (χ3v) is 6.05. The fourth-order valence-corrected chi connectivity index (χ4v) is 4.31. The number of thioether (sulfide) groups is 1. The summed E-state index contributed by atoms with van der Waals surface area (Å²) < 4.78 is 1.66. The summed E-state index contributed by atoms with van der Waals surface area (Å²) in [7, 11) is 0. The van der Waals surface area contributed by atoms with Crippen LogP contribution in [-0.2, 0) is 6.42 Å². The lowest BCUT2D eigenvalue weighted by Crippen LogP contribution is -3.11. The quantitative estimate of drug-likeness (QED) is 0.324. The van der Waals surface area contributed by atoms with E-state index in [-0.39, 0.29) is 11.4 Å². The number of nitrogens with one attached hydrogen (secondary N) is 1. The third-order valence-electron chi connectivity index (χ3n) is 5.11. The van der Waals surface area contributed by atoms with Crippen molar-refractivity contribution in [3.8, 4) is 11.6 Å². The predicted molar refractivity (Wildman–Crippen MR) is 117 cm³/mol. The molecule has 154 valence electrons. The topological polar surface area (TPSA) is 59.6 Å². The Kier molecular flexibility index (Phi) is 9.58. The summed E-state index contributed by atoms with van der Waals surface area (Å²) in [5.41, 5.74) is 1.08. The smallest absolute Gasteiger partial charge is 0.265 e. The van der Waals surface area contributed by atoms with Crippen molar-refractivity contribution in [2.75, 3.05) is 25.4 Å². The Labute approximate surface area is 172 Å². The van der Waals surface area contributed by atoms with Gasteiger partial charge in [0, 0.05) is 0 Å². The minimum atomic E-state index is -0.145. The van der Waals surface area contributed by atoms with E-state index in [1.54, 1.807) is 16.3 Å². The van der Waals surface area contributed by atoms with Crippen molar-refractivity contribution in [1.29, 1.82) is 0 Å². The Hall–Kier alpha value is -1.79. The standard InChI is InChI=1S/C22H33N3O2S/c1-4-7-8-12-15-19-20(26)23-22(28-17-16-24(5-2)6-3)25(21(19)27)18-13-10-9-11-14-18/h9-11,13-14,26H,4-8,12,15-17H2,1-3H3/p+1. The summed E-state index contributed by atoms with van der Waals surface area (Å²) >= 11 is 1.54. The first kappa shape index (κ1) is 22.5. The highest BCUT2D eigenvalue weighted by atomic mass is 32.2. The van der Waals surface area contributed by atoms with Crippen LogP contribution in [0.15, 0.2) is 40.3 Å². The third kappa shape index (κ3) is 6.11. The molecule has 2 aromatic rings. The molecule has 0 aliphatic heterocycles. The first-order chi connectivity index (χ1) is 13.6. The Morgan fingerprint density at radius 3 is 2.43 bits per heavy atom. The molecule has 0 aliphatic carbocycles. The molecule has 0 fully saturated rings. The average Bonchev–Trinajstić information content (AvgIpc) is 2.71. The largest absolute Gasteiger partial charge is 0.493 e. The van der Waals surface area contributed by atoms with E-state index in [1.807, 2.05) is 30.3 Å². The number of nitrogens with zero attached hydrogens (tertiary/aromatic N) is 2.